The largest absolute Gasteiger partial charge is 0.312 e. The number of hydrogen-bond acceptors (Lipinski definition) is 6. The Morgan fingerprint density at radius 1 is 1.60 bits per heavy atom. The van der Waals surface area contributed by atoms with Gasteiger partial charge in [-0.3, -0.25) is 30.1 Å². The molecule has 0 radical (unpaired) electrons. The summed E-state index contributed by atoms with van der Waals surface area (Å²) in [7, 11) is 0. The van der Waals surface area contributed by atoms with E-state index in [1.165, 1.54) is 29.5 Å². The second-order valence-corrected chi connectivity index (χ2v) is 4.39. The van der Waals surface area contributed by atoms with Crippen molar-refractivity contribution in [2.24, 2.45) is 0 Å². The van der Waals surface area contributed by atoms with Crippen LogP contribution in [0.2, 0.25) is 0 Å². The van der Waals surface area contributed by atoms with Crippen molar-refractivity contribution in [2.75, 3.05) is 5.43 Å². The number of carbonyl (C=O) groups excluding carboxylic acids is 1. The van der Waals surface area contributed by atoms with Crippen LogP contribution in [0.25, 0.3) is 0 Å². The smallest absolute Gasteiger partial charge is 0.271 e. The molecule has 0 unspecified atom stereocenters. The third kappa shape index (κ3) is 2.56. The first-order valence-corrected chi connectivity index (χ1v) is 5.91. The van der Waals surface area contributed by atoms with Crippen LogP contribution in [0.15, 0.2) is 6.33 Å². The lowest BCUT2D eigenvalue weighted by atomic mass is 10.3. The molecular formula is C9H11N7O3S. The van der Waals surface area contributed by atoms with Gasteiger partial charge in [0.15, 0.2) is 0 Å². The van der Waals surface area contributed by atoms with E-state index >= 15 is 0 Å². The van der Waals surface area contributed by atoms with Gasteiger partial charge < -0.3 is 0 Å². The molecule has 0 aliphatic heterocycles. The monoisotopic (exact) mass is 297 g/mol. The normalized spacial score (nSPS) is 10.5. The van der Waals surface area contributed by atoms with Gasteiger partial charge in [-0.25, -0.2) is 4.68 Å². The van der Waals surface area contributed by atoms with Gasteiger partial charge >= 0.3 is 5.69 Å². The Labute approximate surface area is 117 Å². The molecule has 20 heavy (non-hydrogen) atoms. The standard InChI is InChI=1S/C9H11N7O3S/c1-5-8(16(18)19)6(2)14(12-5)3-7(17)13-15-4-10-11-9(15)20/h4H,3H2,1-2H3,(H,11,20)(H,13,17). The SMILES string of the molecule is Cc1nn(CC(=O)Nn2cn[nH]c2=S)c(C)c1[N+](=O)[O-]. The summed E-state index contributed by atoms with van der Waals surface area (Å²) < 4.78 is 2.74. The van der Waals surface area contributed by atoms with Crippen molar-refractivity contribution in [3.05, 3.63) is 32.6 Å². The highest BCUT2D eigenvalue weighted by atomic mass is 32.1. The van der Waals surface area contributed by atoms with Crippen molar-refractivity contribution in [3.63, 3.8) is 0 Å². The van der Waals surface area contributed by atoms with Crippen LogP contribution < -0.4 is 5.43 Å². The van der Waals surface area contributed by atoms with Gasteiger partial charge in [0.05, 0.1) is 4.92 Å². The molecular weight excluding hydrogens is 286 g/mol. The van der Waals surface area contributed by atoms with E-state index in [0.29, 0.717) is 5.69 Å². The average Bonchev–Trinajstić information content (AvgIpc) is 2.84. The Hall–Kier alpha value is -2.56. The number of rotatable bonds is 4. The Bertz CT molecular complexity index is 728. The number of H-pyrrole nitrogens is 1. The first-order chi connectivity index (χ1) is 9.40. The molecule has 2 aromatic rings. The number of aromatic nitrogens is 5. The van der Waals surface area contributed by atoms with Crippen LogP contribution in [0, 0.1) is 28.7 Å². The minimum Gasteiger partial charge on any atom is -0.271 e. The molecule has 11 heteroatoms. The molecule has 10 nitrogen and oxygen atoms in total. The van der Waals surface area contributed by atoms with Gasteiger partial charge in [0.2, 0.25) is 4.77 Å². The number of nitrogens with zero attached hydrogens (tertiary/aromatic N) is 5. The van der Waals surface area contributed by atoms with Crippen LogP contribution in [-0.2, 0) is 11.3 Å². The van der Waals surface area contributed by atoms with Crippen LogP contribution in [0.5, 0.6) is 0 Å². The molecule has 0 aliphatic carbocycles. The zero-order chi connectivity index (χ0) is 14.9. The molecule has 2 rings (SSSR count). The van der Waals surface area contributed by atoms with E-state index in [2.05, 4.69) is 20.7 Å². The minimum absolute atomic E-state index is 0.0854. The van der Waals surface area contributed by atoms with Gasteiger partial charge in [-0.05, 0) is 26.1 Å². The molecule has 0 spiro atoms. The predicted molar refractivity (Wildman–Crippen MR) is 70.1 cm³/mol. The second-order valence-electron chi connectivity index (χ2n) is 4.00. The number of aromatic amines is 1. The zero-order valence-corrected chi connectivity index (χ0v) is 11.5. The Morgan fingerprint density at radius 2 is 2.30 bits per heavy atom. The van der Waals surface area contributed by atoms with Crippen molar-refractivity contribution >= 4 is 23.8 Å². The number of carbonyl (C=O) groups is 1. The van der Waals surface area contributed by atoms with Crippen molar-refractivity contribution in [2.45, 2.75) is 20.4 Å². The van der Waals surface area contributed by atoms with Crippen LogP contribution >= 0.6 is 12.2 Å². The Balaban J connectivity index is 2.17. The molecule has 0 aromatic carbocycles. The molecule has 0 bridgehead atoms. The third-order valence-electron chi connectivity index (χ3n) is 2.62. The number of aryl methyl sites for hydroxylation is 1. The average molecular weight is 297 g/mol. The van der Waals surface area contributed by atoms with Gasteiger partial charge in [-0.15, -0.1) is 0 Å². The molecule has 0 atom stereocenters. The van der Waals surface area contributed by atoms with E-state index in [1.54, 1.807) is 0 Å². The molecule has 0 aliphatic rings. The third-order valence-corrected chi connectivity index (χ3v) is 2.90. The fourth-order valence-corrected chi connectivity index (χ4v) is 1.88. The van der Waals surface area contributed by atoms with E-state index in [9.17, 15) is 14.9 Å². The van der Waals surface area contributed by atoms with Gasteiger partial charge in [0, 0.05) is 0 Å². The van der Waals surface area contributed by atoms with E-state index in [4.69, 9.17) is 12.2 Å². The molecule has 0 fully saturated rings. The highest BCUT2D eigenvalue weighted by Gasteiger charge is 2.22. The molecule has 2 N–H and O–H groups in total. The van der Waals surface area contributed by atoms with E-state index < -0.39 is 10.8 Å². The second kappa shape index (κ2) is 5.21. The van der Waals surface area contributed by atoms with Crippen molar-refractivity contribution in [1.29, 1.82) is 0 Å². The molecule has 1 amide bonds. The Kier molecular flexibility index (Phi) is 3.61. The van der Waals surface area contributed by atoms with Gasteiger partial charge in [-0.2, -0.15) is 10.2 Å². The van der Waals surface area contributed by atoms with Crippen molar-refractivity contribution in [1.82, 2.24) is 24.7 Å². The molecule has 0 saturated heterocycles. The summed E-state index contributed by atoms with van der Waals surface area (Å²) in [5.41, 5.74) is 2.97. The van der Waals surface area contributed by atoms with Crippen molar-refractivity contribution in [3.8, 4) is 0 Å². The van der Waals surface area contributed by atoms with Crippen LogP contribution in [0.4, 0.5) is 5.69 Å². The molecule has 2 aromatic heterocycles. The summed E-state index contributed by atoms with van der Waals surface area (Å²) in [6, 6.07) is 0. The van der Waals surface area contributed by atoms with Crippen LogP contribution in [-0.4, -0.2) is 35.5 Å². The summed E-state index contributed by atoms with van der Waals surface area (Å²) in [6.07, 6.45) is 1.31. The quantitative estimate of drug-likeness (QED) is 0.479. The topological polar surface area (TPSA) is 124 Å². The van der Waals surface area contributed by atoms with E-state index in [1.807, 2.05) is 0 Å². The van der Waals surface area contributed by atoms with Gasteiger partial charge in [-0.1, -0.05) is 0 Å². The molecule has 2 heterocycles. The zero-order valence-electron chi connectivity index (χ0n) is 10.7. The first kappa shape index (κ1) is 13.9. The van der Waals surface area contributed by atoms with E-state index in [-0.39, 0.29) is 22.7 Å². The summed E-state index contributed by atoms with van der Waals surface area (Å²) in [6.45, 7) is 2.90. The summed E-state index contributed by atoms with van der Waals surface area (Å²) in [4.78, 5) is 22.2. The molecule has 106 valence electrons. The summed E-state index contributed by atoms with van der Waals surface area (Å²) >= 11 is 4.87. The van der Waals surface area contributed by atoms with Gasteiger partial charge in [0.1, 0.15) is 24.3 Å². The van der Waals surface area contributed by atoms with Gasteiger partial charge in [0.25, 0.3) is 5.91 Å². The number of nitrogens with one attached hydrogen (secondary N) is 2. The number of hydrogen-bond donors (Lipinski definition) is 2. The lowest BCUT2D eigenvalue weighted by Gasteiger charge is -2.05. The van der Waals surface area contributed by atoms with Crippen LogP contribution in [0.1, 0.15) is 11.4 Å². The first-order valence-electron chi connectivity index (χ1n) is 5.50. The lowest BCUT2D eigenvalue weighted by Crippen LogP contribution is -2.27. The maximum absolute atomic E-state index is 11.8. The van der Waals surface area contributed by atoms with E-state index in [0.717, 1.165) is 0 Å². The number of amides is 1. The predicted octanol–water partition coefficient (Wildman–Crippen LogP) is 0.433. The maximum Gasteiger partial charge on any atom is 0.312 e. The summed E-state index contributed by atoms with van der Waals surface area (Å²) in [5, 5.41) is 21.0. The summed E-state index contributed by atoms with van der Waals surface area (Å²) in [5.74, 6) is -0.428. The number of nitro groups is 1. The molecule has 0 saturated carbocycles. The fraction of sp³-hybridized carbons (Fsp3) is 0.333. The minimum atomic E-state index is -0.516. The highest BCUT2D eigenvalue weighted by molar-refractivity contribution is 7.71. The maximum atomic E-state index is 11.8. The highest BCUT2D eigenvalue weighted by Crippen LogP contribution is 2.21. The van der Waals surface area contributed by atoms with Crippen molar-refractivity contribution < 1.29 is 9.72 Å². The fourth-order valence-electron chi connectivity index (χ4n) is 1.74. The Morgan fingerprint density at radius 3 is 2.80 bits per heavy atom. The van der Waals surface area contributed by atoms with Crippen LogP contribution in [0.3, 0.4) is 0 Å². The lowest BCUT2D eigenvalue weighted by molar-refractivity contribution is -0.386.